The number of benzene rings is 1. The van der Waals surface area contributed by atoms with E-state index in [1.54, 1.807) is 31.0 Å². The molecule has 1 aliphatic carbocycles. The molecular formula is C29H22FN7O2. The number of phenols is 1. The van der Waals surface area contributed by atoms with Crippen LogP contribution in [-0.2, 0) is 4.79 Å². The van der Waals surface area contributed by atoms with E-state index in [2.05, 4.69) is 35.5 Å². The normalized spacial score (nSPS) is 13.6. The average molecular weight is 520 g/mol. The largest absolute Gasteiger partial charge is 0.508 e. The van der Waals surface area contributed by atoms with Gasteiger partial charge in [-0.05, 0) is 48.7 Å². The molecular weight excluding hydrogens is 497 g/mol. The zero-order valence-corrected chi connectivity index (χ0v) is 20.6. The summed E-state index contributed by atoms with van der Waals surface area (Å²) in [5.74, 6) is -0.577. The molecule has 1 aromatic carbocycles. The first-order valence-corrected chi connectivity index (χ1v) is 12.6. The summed E-state index contributed by atoms with van der Waals surface area (Å²) in [6.07, 6.45) is 11.3. The molecule has 0 bridgehead atoms. The summed E-state index contributed by atoms with van der Waals surface area (Å²) in [5, 5.41) is 22.1. The molecule has 1 aliphatic rings. The van der Waals surface area contributed by atoms with E-state index in [9.17, 15) is 14.3 Å². The Balaban J connectivity index is 1.27. The number of anilines is 1. The highest BCUT2D eigenvalue weighted by atomic mass is 19.1. The molecule has 7 rings (SSSR count). The molecule has 0 atom stereocenters. The van der Waals surface area contributed by atoms with E-state index in [0.717, 1.165) is 58.4 Å². The molecule has 9 nitrogen and oxygen atoms in total. The molecule has 0 saturated heterocycles. The minimum absolute atomic E-state index is 0.0295. The first-order chi connectivity index (χ1) is 19.0. The third-order valence-electron chi connectivity index (χ3n) is 7.22. The Morgan fingerprint density at radius 1 is 0.923 bits per heavy atom. The van der Waals surface area contributed by atoms with Crippen LogP contribution in [0.5, 0.6) is 5.75 Å². The van der Waals surface area contributed by atoms with Crippen molar-refractivity contribution in [1.29, 1.82) is 0 Å². The van der Waals surface area contributed by atoms with Gasteiger partial charge in [-0.2, -0.15) is 5.10 Å². The predicted molar refractivity (Wildman–Crippen MR) is 145 cm³/mol. The van der Waals surface area contributed by atoms with Gasteiger partial charge in [0.2, 0.25) is 5.91 Å². The molecule has 10 heteroatoms. The number of carbonyl (C=O) groups excluding carboxylic acids is 1. The third kappa shape index (κ3) is 4.15. The van der Waals surface area contributed by atoms with Crippen LogP contribution < -0.4 is 5.32 Å². The van der Waals surface area contributed by atoms with E-state index >= 15 is 0 Å². The molecule has 0 unspecified atom stereocenters. The van der Waals surface area contributed by atoms with Crippen molar-refractivity contribution < 1.29 is 14.3 Å². The Kier molecular flexibility index (Phi) is 5.32. The Hall–Kier alpha value is -5.12. The number of H-pyrrole nitrogens is 2. The lowest BCUT2D eigenvalue weighted by atomic mass is 9.85. The average Bonchev–Trinajstić information content (AvgIpc) is 3.50. The van der Waals surface area contributed by atoms with Crippen LogP contribution in [-0.4, -0.2) is 41.1 Å². The van der Waals surface area contributed by atoms with Crippen molar-refractivity contribution in [3.8, 4) is 39.5 Å². The number of phenolic OH excluding ortho intramolecular Hbond substituents is 1. The number of aromatic nitrogens is 6. The third-order valence-corrected chi connectivity index (χ3v) is 7.22. The number of carbonyl (C=O) groups is 1. The minimum Gasteiger partial charge on any atom is -0.508 e. The highest BCUT2D eigenvalue weighted by Gasteiger charge is 2.25. The van der Waals surface area contributed by atoms with Crippen molar-refractivity contribution in [3.05, 3.63) is 73.2 Å². The van der Waals surface area contributed by atoms with E-state index < -0.39 is 5.82 Å². The first kappa shape index (κ1) is 23.0. The van der Waals surface area contributed by atoms with E-state index in [0.29, 0.717) is 28.2 Å². The maximum absolute atomic E-state index is 14.0. The molecule has 0 radical (unpaired) electrons. The molecule has 192 valence electrons. The van der Waals surface area contributed by atoms with Gasteiger partial charge in [-0.25, -0.2) is 4.39 Å². The zero-order valence-electron chi connectivity index (χ0n) is 20.6. The van der Waals surface area contributed by atoms with E-state index in [1.807, 2.05) is 18.2 Å². The number of halogens is 1. The Bertz CT molecular complexity index is 1870. The Labute approximate surface area is 221 Å². The monoisotopic (exact) mass is 519 g/mol. The molecule has 1 fully saturated rings. The molecule has 1 saturated carbocycles. The van der Waals surface area contributed by atoms with Crippen LogP contribution in [0.2, 0.25) is 0 Å². The second-order valence-electron chi connectivity index (χ2n) is 9.80. The summed E-state index contributed by atoms with van der Waals surface area (Å²) in [6.45, 7) is 0. The molecule has 0 spiro atoms. The smallest absolute Gasteiger partial charge is 0.227 e. The van der Waals surface area contributed by atoms with Gasteiger partial charge >= 0.3 is 0 Å². The number of nitrogens with one attached hydrogen (secondary N) is 3. The van der Waals surface area contributed by atoms with Gasteiger partial charge in [0.25, 0.3) is 0 Å². The van der Waals surface area contributed by atoms with Crippen LogP contribution in [0.25, 0.3) is 55.6 Å². The molecule has 0 aliphatic heterocycles. The summed E-state index contributed by atoms with van der Waals surface area (Å²) in [4.78, 5) is 28.9. The quantitative estimate of drug-likeness (QED) is 0.227. The first-order valence-electron chi connectivity index (χ1n) is 12.6. The van der Waals surface area contributed by atoms with E-state index in [1.165, 1.54) is 12.1 Å². The Morgan fingerprint density at radius 2 is 1.79 bits per heavy atom. The fourth-order valence-electron chi connectivity index (χ4n) is 4.98. The Morgan fingerprint density at radius 3 is 2.62 bits per heavy atom. The van der Waals surface area contributed by atoms with Gasteiger partial charge in [-0.3, -0.25) is 24.8 Å². The van der Waals surface area contributed by atoms with Gasteiger partial charge in [0.1, 0.15) is 17.3 Å². The van der Waals surface area contributed by atoms with Gasteiger partial charge in [0.15, 0.2) is 0 Å². The van der Waals surface area contributed by atoms with Gasteiger partial charge in [-0.15, -0.1) is 0 Å². The fourth-order valence-corrected chi connectivity index (χ4v) is 4.98. The molecule has 1 amide bonds. The van der Waals surface area contributed by atoms with Crippen molar-refractivity contribution in [2.75, 3.05) is 5.32 Å². The number of fused-ring (bicyclic) bond motifs is 2. The van der Waals surface area contributed by atoms with Gasteiger partial charge in [0.05, 0.1) is 46.7 Å². The number of pyridine rings is 3. The lowest BCUT2D eigenvalue weighted by molar-refractivity contribution is -0.122. The molecule has 5 aromatic heterocycles. The summed E-state index contributed by atoms with van der Waals surface area (Å²) < 4.78 is 14.0. The SMILES string of the molecule is O=C(Nc1cncc(-c2cc3c(-c4cc5c(-c6cc(O)cc(F)c6)cncc5[nH]4)n[nH]c3cn2)c1)C1CCC1. The molecule has 39 heavy (non-hydrogen) atoms. The fraction of sp³-hybridized carbons (Fsp3) is 0.138. The van der Waals surface area contributed by atoms with Gasteiger partial charge < -0.3 is 15.4 Å². The molecule has 5 heterocycles. The van der Waals surface area contributed by atoms with Crippen LogP contribution >= 0.6 is 0 Å². The standard InChI is InChI=1S/C29H22FN7O2/c30-18-4-16(6-20(38)7-18)23-12-32-13-26-21(23)8-25(35-26)28-22-9-24(33-14-27(22)36-37-28)17-5-19(11-31-10-17)34-29(39)15-2-1-3-15/h4-15,35,38H,1-3H2,(H,34,39)(H,36,37). The number of rotatable bonds is 5. The number of aromatic hydroxyl groups is 1. The second-order valence-corrected chi connectivity index (χ2v) is 9.80. The number of nitrogens with zero attached hydrogens (tertiary/aromatic N) is 4. The number of hydrogen-bond acceptors (Lipinski definition) is 6. The van der Waals surface area contributed by atoms with E-state index in [4.69, 9.17) is 0 Å². The van der Waals surface area contributed by atoms with E-state index in [-0.39, 0.29) is 17.6 Å². The summed E-state index contributed by atoms with van der Waals surface area (Å²) >= 11 is 0. The summed E-state index contributed by atoms with van der Waals surface area (Å²) in [6, 6.07) is 9.66. The maximum atomic E-state index is 14.0. The summed E-state index contributed by atoms with van der Waals surface area (Å²) in [5.41, 5.74) is 6.21. The molecule has 6 aromatic rings. The number of hydrogen-bond donors (Lipinski definition) is 4. The van der Waals surface area contributed by atoms with Crippen molar-refractivity contribution in [2.24, 2.45) is 5.92 Å². The van der Waals surface area contributed by atoms with Crippen molar-refractivity contribution in [1.82, 2.24) is 30.1 Å². The van der Waals surface area contributed by atoms with Crippen molar-refractivity contribution >= 4 is 33.4 Å². The highest BCUT2D eigenvalue weighted by Crippen LogP contribution is 2.35. The minimum atomic E-state index is -0.530. The molecule has 4 N–H and O–H groups in total. The predicted octanol–water partition coefficient (Wildman–Crippen LogP) is 5.81. The van der Waals surface area contributed by atoms with Crippen LogP contribution in [0.15, 0.2) is 67.4 Å². The zero-order chi connectivity index (χ0) is 26.5. The van der Waals surface area contributed by atoms with Gasteiger partial charge in [0, 0.05) is 46.3 Å². The van der Waals surface area contributed by atoms with Gasteiger partial charge in [-0.1, -0.05) is 6.42 Å². The highest BCUT2D eigenvalue weighted by molar-refractivity contribution is 6.01. The second kappa shape index (κ2) is 9.02. The number of aromatic amines is 2. The van der Waals surface area contributed by atoms with Crippen LogP contribution in [0.4, 0.5) is 10.1 Å². The summed E-state index contributed by atoms with van der Waals surface area (Å²) in [7, 11) is 0. The number of amides is 1. The lowest BCUT2D eigenvalue weighted by Gasteiger charge is -2.24. The van der Waals surface area contributed by atoms with Crippen LogP contribution in [0, 0.1) is 11.7 Å². The lowest BCUT2D eigenvalue weighted by Crippen LogP contribution is -2.28. The topological polar surface area (TPSA) is 132 Å². The van der Waals surface area contributed by atoms with Crippen molar-refractivity contribution in [2.45, 2.75) is 19.3 Å². The van der Waals surface area contributed by atoms with Crippen molar-refractivity contribution in [3.63, 3.8) is 0 Å². The van der Waals surface area contributed by atoms with Crippen LogP contribution in [0.1, 0.15) is 19.3 Å². The maximum Gasteiger partial charge on any atom is 0.227 e. The van der Waals surface area contributed by atoms with Crippen LogP contribution in [0.3, 0.4) is 0 Å².